The molecule has 0 aromatic heterocycles. The van der Waals surface area contributed by atoms with Crippen molar-refractivity contribution in [2.24, 2.45) is 5.16 Å². The van der Waals surface area contributed by atoms with Crippen LogP contribution >= 0.6 is 0 Å². The van der Waals surface area contributed by atoms with Crippen molar-refractivity contribution in [1.29, 1.82) is 0 Å². The van der Waals surface area contributed by atoms with Crippen molar-refractivity contribution >= 4 is 5.71 Å². The number of oxime groups is 1. The lowest BCUT2D eigenvalue weighted by Gasteiger charge is -2.13. The van der Waals surface area contributed by atoms with Crippen LogP contribution in [0.5, 0.6) is 5.75 Å². The monoisotopic (exact) mass is 219 g/mol. The molecule has 0 amide bonds. The normalized spacial score (nSPS) is 16.2. The summed E-state index contributed by atoms with van der Waals surface area (Å²) >= 11 is 0. The highest BCUT2D eigenvalue weighted by Crippen LogP contribution is 2.36. The average Bonchev–Trinajstić information content (AvgIpc) is 2.68. The summed E-state index contributed by atoms with van der Waals surface area (Å²) in [5.41, 5.74) is 7.06. The van der Waals surface area contributed by atoms with E-state index in [2.05, 4.69) is 32.9 Å². The fraction of sp³-hybridized carbons (Fsp3) is 0.462. The SMILES string of the molecule is CO/N=C1\COc2c(C)c(C)c(C)c(C)c21. The number of rotatable bonds is 1. The van der Waals surface area contributed by atoms with Crippen LogP contribution in [0.25, 0.3) is 0 Å². The maximum absolute atomic E-state index is 5.70. The summed E-state index contributed by atoms with van der Waals surface area (Å²) < 4.78 is 5.70. The van der Waals surface area contributed by atoms with Crippen LogP contribution in [0.4, 0.5) is 0 Å². The maximum Gasteiger partial charge on any atom is 0.134 e. The summed E-state index contributed by atoms with van der Waals surface area (Å²) in [5, 5.41) is 4.03. The summed E-state index contributed by atoms with van der Waals surface area (Å²) in [6.07, 6.45) is 0. The second kappa shape index (κ2) is 3.81. The fourth-order valence-electron chi connectivity index (χ4n) is 2.20. The molecule has 0 unspecified atom stereocenters. The molecule has 1 aliphatic rings. The Hall–Kier alpha value is -1.51. The summed E-state index contributed by atoms with van der Waals surface area (Å²) in [4.78, 5) is 4.86. The first-order valence-corrected chi connectivity index (χ1v) is 5.41. The number of hydrogen-bond acceptors (Lipinski definition) is 3. The Bertz CT molecular complexity index is 476. The summed E-state index contributed by atoms with van der Waals surface area (Å²) in [6, 6.07) is 0. The standard InChI is InChI=1S/C13H17NO2/c1-7-8(2)10(4)13-12(9(7)3)11(6-16-13)14-15-5/h6H2,1-5H3/b14-11+. The fourth-order valence-corrected chi connectivity index (χ4v) is 2.20. The van der Waals surface area contributed by atoms with Crippen molar-refractivity contribution in [1.82, 2.24) is 0 Å². The average molecular weight is 219 g/mol. The Morgan fingerprint density at radius 1 is 1.00 bits per heavy atom. The Balaban J connectivity index is 2.72. The van der Waals surface area contributed by atoms with Gasteiger partial charge in [0.15, 0.2) is 0 Å². The molecule has 0 aliphatic carbocycles. The quantitative estimate of drug-likeness (QED) is 0.680. The number of ether oxygens (including phenoxy) is 1. The van der Waals surface area contributed by atoms with Crippen LogP contribution in [-0.4, -0.2) is 19.4 Å². The Morgan fingerprint density at radius 2 is 1.62 bits per heavy atom. The highest BCUT2D eigenvalue weighted by molar-refractivity contribution is 6.08. The Kier molecular flexibility index (Phi) is 2.62. The molecule has 1 aromatic carbocycles. The maximum atomic E-state index is 5.70. The van der Waals surface area contributed by atoms with E-state index in [9.17, 15) is 0 Å². The minimum Gasteiger partial charge on any atom is -0.486 e. The topological polar surface area (TPSA) is 30.8 Å². The van der Waals surface area contributed by atoms with E-state index in [1.807, 2.05) is 0 Å². The number of fused-ring (bicyclic) bond motifs is 1. The van der Waals surface area contributed by atoms with Crippen LogP contribution in [0, 0.1) is 27.7 Å². The predicted octanol–water partition coefficient (Wildman–Crippen LogP) is 2.66. The highest BCUT2D eigenvalue weighted by Gasteiger charge is 2.26. The molecule has 0 radical (unpaired) electrons. The highest BCUT2D eigenvalue weighted by atomic mass is 16.6. The van der Waals surface area contributed by atoms with Gasteiger partial charge in [-0.3, -0.25) is 0 Å². The lowest BCUT2D eigenvalue weighted by Crippen LogP contribution is -2.05. The summed E-state index contributed by atoms with van der Waals surface area (Å²) in [7, 11) is 1.56. The van der Waals surface area contributed by atoms with Gasteiger partial charge in [0.25, 0.3) is 0 Å². The van der Waals surface area contributed by atoms with E-state index in [-0.39, 0.29) is 0 Å². The molecule has 0 saturated heterocycles. The van der Waals surface area contributed by atoms with Crippen LogP contribution in [-0.2, 0) is 4.84 Å². The van der Waals surface area contributed by atoms with Gasteiger partial charge in [-0.15, -0.1) is 0 Å². The van der Waals surface area contributed by atoms with Gasteiger partial charge in [-0.2, -0.15) is 0 Å². The zero-order valence-corrected chi connectivity index (χ0v) is 10.5. The molecule has 86 valence electrons. The molecule has 0 saturated carbocycles. The largest absolute Gasteiger partial charge is 0.486 e. The zero-order chi connectivity index (χ0) is 11.9. The lowest BCUT2D eigenvalue weighted by molar-refractivity contribution is 0.211. The van der Waals surface area contributed by atoms with E-state index in [0.29, 0.717) is 6.61 Å². The van der Waals surface area contributed by atoms with E-state index in [4.69, 9.17) is 9.57 Å². The van der Waals surface area contributed by atoms with E-state index in [1.54, 1.807) is 7.11 Å². The lowest BCUT2D eigenvalue weighted by atomic mass is 9.92. The molecule has 2 rings (SSSR count). The zero-order valence-electron chi connectivity index (χ0n) is 10.5. The van der Waals surface area contributed by atoms with Crippen molar-refractivity contribution in [3.05, 3.63) is 27.8 Å². The molecule has 1 aliphatic heterocycles. The molecule has 3 nitrogen and oxygen atoms in total. The molecule has 0 spiro atoms. The molecule has 0 N–H and O–H groups in total. The molecule has 1 heterocycles. The van der Waals surface area contributed by atoms with E-state index >= 15 is 0 Å². The van der Waals surface area contributed by atoms with E-state index in [0.717, 1.165) is 17.0 Å². The van der Waals surface area contributed by atoms with Gasteiger partial charge >= 0.3 is 0 Å². The van der Waals surface area contributed by atoms with Gasteiger partial charge < -0.3 is 9.57 Å². The van der Waals surface area contributed by atoms with Crippen molar-refractivity contribution in [3.63, 3.8) is 0 Å². The van der Waals surface area contributed by atoms with Gasteiger partial charge in [-0.05, 0) is 49.9 Å². The number of hydrogen-bond donors (Lipinski definition) is 0. The summed E-state index contributed by atoms with van der Waals surface area (Å²) in [6.45, 7) is 8.98. The minimum atomic E-state index is 0.508. The molecular weight excluding hydrogens is 202 g/mol. The second-order valence-corrected chi connectivity index (χ2v) is 4.21. The van der Waals surface area contributed by atoms with Gasteiger partial charge in [0, 0.05) is 5.56 Å². The van der Waals surface area contributed by atoms with Crippen molar-refractivity contribution < 1.29 is 9.57 Å². The van der Waals surface area contributed by atoms with Crippen molar-refractivity contribution in [2.45, 2.75) is 27.7 Å². The van der Waals surface area contributed by atoms with Gasteiger partial charge in [0.2, 0.25) is 0 Å². The number of benzene rings is 1. The molecule has 3 heteroatoms. The third-order valence-corrected chi connectivity index (χ3v) is 3.47. The summed E-state index contributed by atoms with van der Waals surface area (Å²) in [5.74, 6) is 0.969. The minimum absolute atomic E-state index is 0.508. The Morgan fingerprint density at radius 3 is 2.25 bits per heavy atom. The third-order valence-electron chi connectivity index (χ3n) is 3.47. The van der Waals surface area contributed by atoms with E-state index < -0.39 is 0 Å². The first-order chi connectivity index (χ1) is 7.57. The van der Waals surface area contributed by atoms with Crippen LogP contribution in [0.15, 0.2) is 5.16 Å². The number of nitrogens with zero attached hydrogens (tertiary/aromatic N) is 1. The Labute approximate surface area is 96.1 Å². The molecule has 0 atom stereocenters. The van der Waals surface area contributed by atoms with E-state index in [1.165, 1.54) is 22.3 Å². The van der Waals surface area contributed by atoms with Crippen LogP contribution < -0.4 is 4.74 Å². The van der Waals surface area contributed by atoms with Crippen LogP contribution in [0.3, 0.4) is 0 Å². The van der Waals surface area contributed by atoms with Crippen LogP contribution in [0.1, 0.15) is 27.8 Å². The molecule has 1 aromatic rings. The van der Waals surface area contributed by atoms with Crippen molar-refractivity contribution in [3.8, 4) is 5.75 Å². The van der Waals surface area contributed by atoms with Gasteiger partial charge in [-0.1, -0.05) is 5.16 Å². The first kappa shape index (κ1) is 11.0. The second-order valence-electron chi connectivity index (χ2n) is 4.21. The van der Waals surface area contributed by atoms with Gasteiger partial charge in [-0.25, -0.2) is 0 Å². The predicted molar refractivity (Wildman–Crippen MR) is 64.4 cm³/mol. The molecule has 0 fully saturated rings. The molecule has 0 bridgehead atoms. The molecule has 16 heavy (non-hydrogen) atoms. The van der Waals surface area contributed by atoms with Crippen LogP contribution in [0.2, 0.25) is 0 Å². The molecular formula is C13H17NO2. The van der Waals surface area contributed by atoms with Gasteiger partial charge in [0.05, 0.1) is 0 Å². The van der Waals surface area contributed by atoms with Crippen molar-refractivity contribution in [2.75, 3.05) is 13.7 Å². The van der Waals surface area contributed by atoms with Gasteiger partial charge in [0.1, 0.15) is 25.2 Å². The third kappa shape index (κ3) is 1.39. The smallest absolute Gasteiger partial charge is 0.134 e. The first-order valence-electron chi connectivity index (χ1n) is 5.41.